The van der Waals surface area contributed by atoms with Crippen LogP contribution in [0.3, 0.4) is 0 Å². The molecule has 210 valence electrons. The Balaban J connectivity index is 3.48. The highest BCUT2D eigenvalue weighted by atomic mass is 19.4. The van der Waals surface area contributed by atoms with Gasteiger partial charge < -0.3 is 9.84 Å². The van der Waals surface area contributed by atoms with Crippen LogP contribution in [0.25, 0.3) is 0 Å². The summed E-state index contributed by atoms with van der Waals surface area (Å²) in [6, 6.07) is 1.24. The lowest BCUT2D eigenvalue weighted by Gasteiger charge is -2.42. The second kappa shape index (κ2) is 8.59. The Labute approximate surface area is 188 Å². The Hall–Kier alpha value is -2.37. The van der Waals surface area contributed by atoms with E-state index in [4.69, 9.17) is 0 Å². The molecule has 0 aliphatic heterocycles. The molecule has 0 spiro atoms. The number of aryl methyl sites for hydroxylation is 2. The van der Waals surface area contributed by atoms with E-state index >= 15 is 0 Å². The fourth-order valence-corrected chi connectivity index (χ4v) is 2.46. The Morgan fingerprint density at radius 2 is 0.861 bits per heavy atom. The average molecular weight is 570 g/mol. The average Bonchev–Trinajstić information content (AvgIpc) is 2.68. The van der Waals surface area contributed by atoms with E-state index in [9.17, 15) is 79.7 Å². The first-order valence-electron chi connectivity index (χ1n) is 8.69. The predicted molar refractivity (Wildman–Crippen MR) is 83.8 cm³/mol. The summed E-state index contributed by atoms with van der Waals surface area (Å²) >= 11 is 0. The molecule has 0 fully saturated rings. The molecule has 0 aliphatic rings. The number of phenols is 1. The Bertz CT molecular complexity index is 941. The maximum absolute atomic E-state index is 13.8. The molecule has 0 amide bonds. The number of phenolic OH excluding ortho intramolecular Hbond substituents is 1. The zero-order valence-corrected chi connectivity index (χ0v) is 17.1. The van der Waals surface area contributed by atoms with Gasteiger partial charge in [0.2, 0.25) is 0 Å². The number of aromatic hydroxyl groups is 1. The topological polar surface area (TPSA) is 29.5 Å². The second-order valence-corrected chi connectivity index (χ2v) is 7.34. The van der Waals surface area contributed by atoms with Crippen molar-refractivity contribution in [3.63, 3.8) is 0 Å². The van der Waals surface area contributed by atoms with Crippen LogP contribution in [0, 0.1) is 13.8 Å². The van der Waals surface area contributed by atoms with E-state index < -0.39 is 65.7 Å². The van der Waals surface area contributed by atoms with E-state index in [-0.39, 0.29) is 11.1 Å². The van der Waals surface area contributed by atoms with Gasteiger partial charge in [-0.3, -0.25) is 0 Å². The van der Waals surface area contributed by atoms with Crippen LogP contribution >= 0.6 is 0 Å². The molecule has 0 saturated carbocycles. The maximum Gasteiger partial charge on any atom is 0.460 e. The zero-order chi connectivity index (χ0) is 29.1. The zero-order valence-electron chi connectivity index (χ0n) is 17.1. The molecule has 1 aromatic carbocycles. The number of ether oxygens (including phenoxy) is 1. The first kappa shape index (κ1) is 31.7. The van der Waals surface area contributed by atoms with Gasteiger partial charge in [0.1, 0.15) is 11.5 Å². The number of alkyl halides is 17. The first-order chi connectivity index (χ1) is 15.5. The van der Waals surface area contributed by atoms with Crippen LogP contribution < -0.4 is 4.74 Å². The van der Waals surface area contributed by atoms with E-state index in [0.717, 1.165) is 13.8 Å². The van der Waals surface area contributed by atoms with Gasteiger partial charge >= 0.3 is 47.6 Å². The summed E-state index contributed by atoms with van der Waals surface area (Å²) in [4.78, 5) is 0. The summed E-state index contributed by atoms with van der Waals surface area (Å²) in [5.41, 5.74) is -0.381. The number of rotatable bonds is 9. The molecule has 1 aromatic rings. The molecule has 0 aromatic heterocycles. The summed E-state index contributed by atoms with van der Waals surface area (Å²) in [5.74, 6) is -58.3. The second-order valence-electron chi connectivity index (χ2n) is 7.34. The van der Waals surface area contributed by atoms with Crippen LogP contribution in [-0.4, -0.2) is 59.3 Å². The van der Waals surface area contributed by atoms with Gasteiger partial charge in [0, 0.05) is 0 Å². The molecule has 0 heterocycles. The third-order valence-electron chi connectivity index (χ3n) is 4.67. The van der Waals surface area contributed by atoms with Gasteiger partial charge in [-0.2, -0.15) is 74.6 Å². The van der Waals surface area contributed by atoms with Crippen LogP contribution in [0.5, 0.6) is 11.5 Å². The van der Waals surface area contributed by atoms with Crippen molar-refractivity contribution < 1.29 is 84.5 Å². The van der Waals surface area contributed by atoms with Gasteiger partial charge in [0.25, 0.3) is 0 Å². The fourth-order valence-electron chi connectivity index (χ4n) is 2.46. The molecular weight excluding hydrogens is 559 g/mol. The SMILES string of the molecule is Cc1cc(OCC(F)(F)C(F)(F)C(F)(F)C(F)(F)C(F)(F)C(F)(F)C(F)(F)C(F)(F)F)cc(C)c1O. The minimum atomic E-state index is -8.67. The van der Waals surface area contributed by atoms with Crippen LogP contribution in [0.1, 0.15) is 11.1 Å². The van der Waals surface area contributed by atoms with Crippen molar-refractivity contribution in [3.8, 4) is 11.5 Å². The van der Waals surface area contributed by atoms with Gasteiger partial charge in [0.15, 0.2) is 6.61 Å². The largest absolute Gasteiger partial charge is 0.507 e. The highest BCUT2D eigenvalue weighted by molar-refractivity contribution is 5.44. The molecule has 0 unspecified atom stereocenters. The Morgan fingerprint density at radius 1 is 0.556 bits per heavy atom. The van der Waals surface area contributed by atoms with E-state index in [1.807, 2.05) is 0 Å². The van der Waals surface area contributed by atoms with Gasteiger partial charge in [-0.05, 0) is 37.1 Å². The van der Waals surface area contributed by atoms with Gasteiger partial charge in [-0.25, -0.2) is 0 Å². The Morgan fingerprint density at radius 3 is 1.19 bits per heavy atom. The maximum atomic E-state index is 13.8. The van der Waals surface area contributed by atoms with Crippen molar-refractivity contribution in [2.24, 2.45) is 0 Å². The van der Waals surface area contributed by atoms with E-state index in [0.29, 0.717) is 12.1 Å². The third kappa shape index (κ3) is 4.35. The van der Waals surface area contributed by atoms with Crippen molar-refractivity contribution in [1.29, 1.82) is 0 Å². The lowest BCUT2D eigenvalue weighted by atomic mass is 9.89. The molecule has 0 saturated heterocycles. The predicted octanol–water partition coefficient (Wildman–Crippen LogP) is 7.40. The normalized spacial score (nSPS) is 15.3. The standard InChI is InChI=1S/C17H11F17O2/c1-6-3-8(4-7(2)9(6)35)36-5-10(18,19)11(20,21)12(22,23)13(24,25)14(26,27)15(28,29)16(30,31)17(32,33)34/h3-4,35H,5H2,1-2H3. The van der Waals surface area contributed by atoms with Crippen molar-refractivity contribution in [2.75, 3.05) is 6.61 Å². The summed E-state index contributed by atoms with van der Waals surface area (Å²) in [7, 11) is 0. The lowest BCUT2D eigenvalue weighted by molar-refractivity contribution is -0.462. The van der Waals surface area contributed by atoms with Crippen LogP contribution in [0.2, 0.25) is 0 Å². The van der Waals surface area contributed by atoms with E-state index in [2.05, 4.69) is 4.74 Å². The molecule has 19 heteroatoms. The minimum Gasteiger partial charge on any atom is -0.507 e. The fraction of sp³-hybridized carbons (Fsp3) is 0.647. The molecule has 0 bridgehead atoms. The van der Waals surface area contributed by atoms with Crippen molar-refractivity contribution >= 4 is 0 Å². The van der Waals surface area contributed by atoms with E-state index in [1.165, 1.54) is 0 Å². The smallest absolute Gasteiger partial charge is 0.460 e. The number of hydrogen-bond acceptors (Lipinski definition) is 2. The minimum absolute atomic E-state index is 0.190. The van der Waals surface area contributed by atoms with Crippen molar-refractivity contribution in [2.45, 2.75) is 61.5 Å². The lowest BCUT2D eigenvalue weighted by Crippen LogP contribution is -2.74. The summed E-state index contributed by atoms with van der Waals surface area (Å²) in [6.07, 6.45) is -7.80. The summed E-state index contributed by atoms with van der Waals surface area (Å²) in [5, 5.41) is 9.47. The molecule has 36 heavy (non-hydrogen) atoms. The van der Waals surface area contributed by atoms with E-state index in [1.54, 1.807) is 0 Å². The number of hydrogen-bond donors (Lipinski definition) is 1. The van der Waals surface area contributed by atoms with Crippen molar-refractivity contribution in [1.82, 2.24) is 0 Å². The number of benzene rings is 1. The molecule has 0 radical (unpaired) electrons. The van der Waals surface area contributed by atoms with Crippen LogP contribution in [0.4, 0.5) is 74.6 Å². The van der Waals surface area contributed by atoms with Crippen LogP contribution in [-0.2, 0) is 0 Å². The molecule has 1 N–H and O–H groups in total. The Kier molecular flexibility index (Phi) is 7.56. The molecule has 2 nitrogen and oxygen atoms in total. The quantitative estimate of drug-likeness (QED) is 0.314. The molecule has 0 atom stereocenters. The number of halogens is 17. The third-order valence-corrected chi connectivity index (χ3v) is 4.67. The van der Waals surface area contributed by atoms with Gasteiger partial charge in [-0.1, -0.05) is 0 Å². The van der Waals surface area contributed by atoms with Gasteiger partial charge in [-0.15, -0.1) is 0 Å². The van der Waals surface area contributed by atoms with Crippen molar-refractivity contribution in [3.05, 3.63) is 23.3 Å². The molecule has 0 aliphatic carbocycles. The summed E-state index contributed by atoms with van der Waals surface area (Å²) in [6.45, 7) is -0.888. The van der Waals surface area contributed by atoms with Crippen LogP contribution in [0.15, 0.2) is 12.1 Å². The molecule has 1 rings (SSSR count). The van der Waals surface area contributed by atoms with Gasteiger partial charge in [0.05, 0.1) is 0 Å². The highest BCUT2D eigenvalue weighted by Crippen LogP contribution is 2.63. The molecular formula is C17H11F17O2. The monoisotopic (exact) mass is 570 g/mol. The highest BCUT2D eigenvalue weighted by Gasteiger charge is 2.95. The first-order valence-corrected chi connectivity index (χ1v) is 8.69. The summed E-state index contributed by atoms with van der Waals surface area (Å²) < 4.78 is 228.